The highest BCUT2D eigenvalue weighted by Crippen LogP contribution is 2.62. The number of azo groups is 1. The van der Waals surface area contributed by atoms with Gasteiger partial charge in [-0.05, 0) is 21.5 Å². The van der Waals surface area contributed by atoms with Crippen LogP contribution in [0.4, 0.5) is 9.59 Å². The molecule has 0 unspecified atom stereocenters. The van der Waals surface area contributed by atoms with Crippen LogP contribution in [0.1, 0.15) is 82.1 Å². The van der Waals surface area contributed by atoms with E-state index in [2.05, 4.69) is 72.5 Å². The van der Waals surface area contributed by atoms with Crippen LogP contribution in [0, 0.1) is 0 Å². The van der Waals surface area contributed by atoms with Gasteiger partial charge in [-0.25, -0.2) is 9.59 Å². The Balaban J connectivity index is 5.49. The summed E-state index contributed by atoms with van der Waals surface area (Å²) in [5.41, 5.74) is 0. The molecule has 25 heavy (non-hydrogen) atoms. The Morgan fingerprint density at radius 1 is 0.800 bits per heavy atom. The minimum atomic E-state index is -2.72. The largest absolute Gasteiger partial charge is 0.499 e. The Hall–Kier alpha value is -1.24. The average Bonchev–Trinajstić information content (AvgIpc) is 2.38. The van der Waals surface area contributed by atoms with Crippen LogP contribution in [0.3, 0.4) is 0 Å². The van der Waals surface area contributed by atoms with E-state index in [1.807, 2.05) is 6.92 Å². The maximum absolute atomic E-state index is 12.4. The molecular formula is C18H36N2O4Si. The fourth-order valence-electron chi connectivity index (χ4n) is 4.40. The predicted octanol–water partition coefficient (Wildman–Crippen LogP) is 6.86. The topological polar surface area (TPSA) is 77.3 Å². The molecule has 0 aromatic carbocycles. The molecule has 7 heteroatoms. The average molecular weight is 373 g/mol. The molecule has 0 aromatic heterocycles. The van der Waals surface area contributed by atoms with Crippen molar-refractivity contribution in [2.24, 2.45) is 10.2 Å². The smallest absolute Gasteiger partial charge is 0.452 e. The molecule has 0 bridgehead atoms. The summed E-state index contributed by atoms with van der Waals surface area (Å²) in [6.45, 7) is 21.1. The minimum Gasteiger partial charge on any atom is -0.499 e. The quantitative estimate of drug-likeness (QED) is 0.307. The molecule has 0 radical (unpaired) electrons. The SMILES string of the molecule is CCCCOC(=O)N=NC(=O)O[Si](C(C)(C)C)(C(C)(C)C)C(C)(C)C. The van der Waals surface area contributed by atoms with E-state index in [1.54, 1.807) is 0 Å². The van der Waals surface area contributed by atoms with Crippen molar-refractivity contribution in [3.63, 3.8) is 0 Å². The first-order valence-electron chi connectivity index (χ1n) is 8.91. The zero-order valence-electron chi connectivity index (χ0n) is 17.6. The predicted molar refractivity (Wildman–Crippen MR) is 102 cm³/mol. The third-order valence-electron chi connectivity index (χ3n) is 4.35. The zero-order chi connectivity index (χ0) is 20.1. The van der Waals surface area contributed by atoms with Crippen LogP contribution in [0.5, 0.6) is 0 Å². The van der Waals surface area contributed by atoms with Gasteiger partial charge in [-0.3, -0.25) is 0 Å². The van der Waals surface area contributed by atoms with Gasteiger partial charge in [0.05, 0.1) is 6.61 Å². The molecule has 0 aromatic rings. The molecule has 0 saturated carbocycles. The minimum absolute atomic E-state index is 0.226. The Morgan fingerprint density at radius 2 is 1.20 bits per heavy atom. The molecular weight excluding hydrogens is 336 g/mol. The first kappa shape index (κ1) is 23.8. The molecule has 0 heterocycles. The van der Waals surface area contributed by atoms with E-state index in [-0.39, 0.29) is 21.7 Å². The number of hydrogen-bond acceptors (Lipinski definition) is 4. The number of unbranched alkanes of at least 4 members (excludes halogenated alkanes) is 1. The van der Waals surface area contributed by atoms with Crippen LogP contribution >= 0.6 is 0 Å². The molecule has 0 aliphatic heterocycles. The van der Waals surface area contributed by atoms with Crippen molar-refractivity contribution < 1.29 is 18.8 Å². The van der Waals surface area contributed by atoms with Crippen molar-refractivity contribution in [1.29, 1.82) is 0 Å². The summed E-state index contributed by atoms with van der Waals surface area (Å²) in [7, 11) is -2.72. The van der Waals surface area contributed by atoms with Gasteiger partial charge in [0.15, 0.2) is 0 Å². The van der Waals surface area contributed by atoms with Crippen LogP contribution < -0.4 is 0 Å². The molecule has 0 N–H and O–H groups in total. The lowest BCUT2D eigenvalue weighted by molar-refractivity contribution is 0.152. The van der Waals surface area contributed by atoms with Gasteiger partial charge in [-0.15, -0.1) is 0 Å². The second kappa shape index (κ2) is 8.43. The lowest BCUT2D eigenvalue weighted by Gasteiger charge is -2.56. The monoisotopic (exact) mass is 372 g/mol. The van der Waals surface area contributed by atoms with E-state index in [0.717, 1.165) is 12.8 Å². The molecule has 0 aliphatic carbocycles. The van der Waals surface area contributed by atoms with Crippen LogP contribution in [0.25, 0.3) is 0 Å². The van der Waals surface area contributed by atoms with Crippen LogP contribution in [-0.2, 0) is 9.16 Å². The van der Waals surface area contributed by atoms with Crippen molar-refractivity contribution in [3.05, 3.63) is 0 Å². The standard InChI is InChI=1S/C18H36N2O4Si/c1-11-12-13-23-14(21)19-20-15(22)24-25(16(2,3)4,17(5,6)7)18(8,9)10/h11-13H2,1-10H3. The summed E-state index contributed by atoms with van der Waals surface area (Å²) in [6, 6.07) is 0. The Labute approximate surface area is 153 Å². The molecule has 0 rings (SSSR count). The Bertz CT molecular complexity index is 461. The van der Waals surface area contributed by atoms with E-state index in [9.17, 15) is 9.59 Å². The molecule has 2 amide bonds. The van der Waals surface area contributed by atoms with Crippen molar-refractivity contribution in [2.45, 2.75) is 97.2 Å². The number of carbonyl (C=O) groups is 2. The Kier molecular flexibility index (Phi) is 8.01. The second-order valence-corrected chi connectivity index (χ2v) is 15.5. The second-order valence-electron chi connectivity index (χ2n) is 9.47. The van der Waals surface area contributed by atoms with Crippen molar-refractivity contribution in [1.82, 2.24) is 0 Å². The maximum Gasteiger partial charge on any atom is 0.452 e. The molecule has 0 atom stereocenters. The lowest BCUT2D eigenvalue weighted by atomic mass is 10.2. The highest BCUT2D eigenvalue weighted by Gasteiger charge is 2.64. The van der Waals surface area contributed by atoms with E-state index in [0.29, 0.717) is 0 Å². The normalized spacial score (nSPS) is 13.8. The van der Waals surface area contributed by atoms with E-state index < -0.39 is 20.5 Å². The number of hydrogen-bond donors (Lipinski definition) is 0. The third kappa shape index (κ3) is 5.90. The lowest BCUT2D eigenvalue weighted by Crippen LogP contribution is -2.61. The number of ether oxygens (including phenoxy) is 1. The van der Waals surface area contributed by atoms with Gasteiger partial charge < -0.3 is 9.16 Å². The zero-order valence-corrected chi connectivity index (χ0v) is 18.6. The van der Waals surface area contributed by atoms with Crippen LogP contribution in [0.2, 0.25) is 15.1 Å². The van der Waals surface area contributed by atoms with Gasteiger partial charge in [0.1, 0.15) is 0 Å². The van der Waals surface area contributed by atoms with Crippen LogP contribution in [0.15, 0.2) is 10.2 Å². The summed E-state index contributed by atoms with van der Waals surface area (Å²) in [4.78, 5) is 23.9. The van der Waals surface area contributed by atoms with Gasteiger partial charge >= 0.3 is 12.2 Å². The molecule has 0 spiro atoms. The first-order chi connectivity index (χ1) is 11.1. The van der Waals surface area contributed by atoms with Crippen molar-refractivity contribution in [3.8, 4) is 0 Å². The highest BCUT2D eigenvalue weighted by molar-refractivity contribution is 6.83. The van der Waals surface area contributed by atoms with Gasteiger partial charge in [0.25, 0.3) is 8.32 Å². The fourth-order valence-corrected chi connectivity index (χ4v) is 12.4. The van der Waals surface area contributed by atoms with Crippen molar-refractivity contribution in [2.75, 3.05) is 6.61 Å². The third-order valence-corrected chi connectivity index (χ3v) is 11.2. The maximum atomic E-state index is 12.4. The van der Waals surface area contributed by atoms with Gasteiger partial charge in [0.2, 0.25) is 0 Å². The first-order valence-corrected chi connectivity index (χ1v) is 10.8. The summed E-state index contributed by atoms with van der Waals surface area (Å²) < 4.78 is 10.9. The van der Waals surface area contributed by atoms with Gasteiger partial charge in [0, 0.05) is 0 Å². The molecule has 0 fully saturated rings. The molecule has 146 valence electrons. The van der Waals surface area contributed by atoms with Crippen molar-refractivity contribution >= 4 is 20.5 Å². The van der Waals surface area contributed by atoms with E-state index in [4.69, 9.17) is 9.16 Å². The molecule has 0 aliphatic rings. The number of nitrogens with zero attached hydrogens (tertiary/aromatic N) is 2. The summed E-state index contributed by atoms with van der Waals surface area (Å²) in [5, 5.41) is 6.11. The molecule has 0 saturated heterocycles. The van der Waals surface area contributed by atoms with Crippen LogP contribution in [-0.4, -0.2) is 27.1 Å². The summed E-state index contributed by atoms with van der Waals surface area (Å²) in [6.07, 6.45) is -0.0258. The summed E-state index contributed by atoms with van der Waals surface area (Å²) >= 11 is 0. The number of rotatable bonds is 4. The van der Waals surface area contributed by atoms with Gasteiger partial charge in [-0.1, -0.05) is 85.9 Å². The van der Waals surface area contributed by atoms with E-state index >= 15 is 0 Å². The Morgan fingerprint density at radius 3 is 1.56 bits per heavy atom. The van der Waals surface area contributed by atoms with E-state index in [1.165, 1.54) is 0 Å². The highest BCUT2D eigenvalue weighted by atomic mass is 28.4. The summed E-state index contributed by atoms with van der Waals surface area (Å²) in [5.74, 6) is 0. The fraction of sp³-hybridized carbons (Fsp3) is 0.889. The number of amides is 2. The molecule has 6 nitrogen and oxygen atoms in total. The number of carbonyl (C=O) groups excluding carboxylic acids is 2. The van der Waals surface area contributed by atoms with Gasteiger partial charge in [-0.2, -0.15) is 0 Å².